The van der Waals surface area contributed by atoms with Crippen molar-refractivity contribution in [3.8, 4) is 0 Å². The van der Waals surface area contributed by atoms with Gasteiger partial charge in [-0.15, -0.1) is 0 Å². The van der Waals surface area contributed by atoms with E-state index in [1.165, 1.54) is 13.0 Å². The van der Waals surface area contributed by atoms with Crippen LogP contribution in [0.2, 0.25) is 0 Å². The molecular weight excluding hydrogens is 220 g/mol. The average molecular weight is 235 g/mol. The molecule has 0 heterocycles. The number of carbonyl (C=O) groups excluding carboxylic acids is 2. The molecule has 0 rings (SSSR count). The summed E-state index contributed by atoms with van der Waals surface area (Å²) in [7, 11) is 0. The van der Waals surface area contributed by atoms with E-state index in [1.807, 2.05) is 0 Å². The van der Waals surface area contributed by atoms with Crippen molar-refractivity contribution in [1.29, 1.82) is 0 Å². The summed E-state index contributed by atoms with van der Waals surface area (Å²) in [6, 6.07) is 0. The fourth-order valence-corrected chi connectivity index (χ4v) is 0.596. The fourth-order valence-electron chi connectivity index (χ4n) is 0.316. The highest BCUT2D eigenvalue weighted by Gasteiger charge is 1.88. The van der Waals surface area contributed by atoms with E-state index in [0.29, 0.717) is 6.42 Å². The predicted molar refractivity (Wildman–Crippen MR) is 54.6 cm³/mol. The molecule has 2 nitrogen and oxygen atoms in total. The second-order valence-corrected chi connectivity index (χ2v) is 3.10. The zero-order valence-corrected chi connectivity index (χ0v) is 9.19. The van der Waals surface area contributed by atoms with E-state index in [0.717, 1.165) is 11.8 Å². The third-order valence-electron chi connectivity index (χ3n) is 0.950. The summed E-state index contributed by atoms with van der Waals surface area (Å²) in [6.07, 6.45) is 2.96. The van der Waals surface area contributed by atoms with Gasteiger partial charge in [-0.3, -0.25) is 4.79 Å². The van der Waals surface area contributed by atoms with Crippen LogP contribution in [0.1, 0.15) is 26.7 Å². The fraction of sp³-hybridized carbons (Fsp3) is 0.556. The van der Waals surface area contributed by atoms with Crippen molar-refractivity contribution in [1.82, 2.24) is 0 Å². The number of halogens is 1. The highest BCUT2D eigenvalue weighted by molar-refractivity contribution is 9.09. The molecule has 0 aliphatic carbocycles. The van der Waals surface area contributed by atoms with Crippen LogP contribution in [0.25, 0.3) is 0 Å². The Morgan fingerprint density at radius 1 is 1.42 bits per heavy atom. The van der Waals surface area contributed by atoms with E-state index in [-0.39, 0.29) is 11.6 Å². The summed E-state index contributed by atoms with van der Waals surface area (Å²) in [5.41, 5.74) is 0. The molecule has 0 amide bonds. The van der Waals surface area contributed by atoms with E-state index >= 15 is 0 Å². The van der Waals surface area contributed by atoms with Crippen LogP contribution < -0.4 is 0 Å². The van der Waals surface area contributed by atoms with Crippen molar-refractivity contribution in [2.45, 2.75) is 26.7 Å². The van der Waals surface area contributed by atoms with E-state index in [1.54, 1.807) is 6.92 Å². The number of rotatable bonds is 4. The van der Waals surface area contributed by atoms with Crippen LogP contribution in [-0.2, 0) is 9.59 Å². The molecule has 0 saturated carbocycles. The Morgan fingerprint density at radius 3 is 1.92 bits per heavy atom. The number of hydrogen-bond acceptors (Lipinski definition) is 2. The minimum absolute atomic E-state index is 0.0185. The van der Waals surface area contributed by atoms with Gasteiger partial charge in [-0.2, -0.15) is 0 Å². The van der Waals surface area contributed by atoms with Crippen LogP contribution in [0.4, 0.5) is 0 Å². The molecule has 0 unspecified atom stereocenters. The summed E-state index contributed by atoms with van der Waals surface area (Å²) in [4.78, 5) is 19.9. The molecule has 0 aromatic rings. The lowest BCUT2D eigenvalue weighted by atomic mass is 10.3. The number of hydrogen-bond donors (Lipinski definition) is 0. The van der Waals surface area contributed by atoms with Gasteiger partial charge in [-0.25, -0.2) is 0 Å². The van der Waals surface area contributed by atoms with Gasteiger partial charge in [0.15, 0.2) is 5.78 Å². The van der Waals surface area contributed by atoms with E-state index < -0.39 is 0 Å². The third kappa shape index (κ3) is 22.7. The molecule has 0 aromatic heterocycles. The quantitative estimate of drug-likeness (QED) is 0.554. The van der Waals surface area contributed by atoms with Crippen molar-refractivity contribution in [2.24, 2.45) is 0 Å². The molecular formula is C9H15BrO2. The zero-order chi connectivity index (χ0) is 9.98. The number of carbonyl (C=O) groups is 2. The first kappa shape index (κ1) is 14.1. The van der Waals surface area contributed by atoms with Crippen LogP contribution in [-0.4, -0.2) is 16.9 Å². The largest absolute Gasteiger partial charge is 0.300 e. The topological polar surface area (TPSA) is 34.1 Å². The normalized spacial score (nSPS) is 7.92. The maximum absolute atomic E-state index is 10.2. The summed E-state index contributed by atoms with van der Waals surface area (Å²) in [5, 5.41) is 0.937. The molecule has 3 heteroatoms. The molecule has 0 fully saturated rings. The molecule has 0 atom stereocenters. The lowest BCUT2D eigenvalue weighted by Crippen LogP contribution is -1.88. The number of allylic oxidation sites excluding steroid dienone is 1. The molecule has 0 aliphatic heterocycles. The maximum atomic E-state index is 10.2. The Bertz CT molecular complexity index is 153. The summed E-state index contributed by atoms with van der Waals surface area (Å²) in [6.45, 7) is 6.29. The lowest BCUT2D eigenvalue weighted by Gasteiger charge is -1.85. The minimum Gasteiger partial charge on any atom is -0.300 e. The van der Waals surface area contributed by atoms with E-state index in [9.17, 15) is 9.59 Å². The molecule has 12 heavy (non-hydrogen) atoms. The van der Waals surface area contributed by atoms with Gasteiger partial charge in [0, 0.05) is 11.8 Å². The number of Topliss-reactive ketones (excluding diaryl/α,β-unsaturated/α-hetero) is 1. The minimum atomic E-state index is 0.0185. The van der Waals surface area contributed by atoms with Crippen LogP contribution in [0.15, 0.2) is 12.7 Å². The van der Waals surface area contributed by atoms with Crippen LogP contribution in [0.5, 0.6) is 0 Å². The highest BCUT2D eigenvalue weighted by atomic mass is 79.9. The van der Waals surface area contributed by atoms with Crippen molar-refractivity contribution in [3.05, 3.63) is 12.7 Å². The summed E-state index contributed by atoms with van der Waals surface area (Å²) >= 11 is 3.23. The number of ketones is 2. The second-order valence-electron chi connectivity index (χ2n) is 2.31. The Kier molecular flexibility index (Phi) is 12.4. The van der Waals surface area contributed by atoms with Gasteiger partial charge in [0.1, 0.15) is 5.78 Å². The molecule has 0 radical (unpaired) electrons. The van der Waals surface area contributed by atoms with E-state index in [4.69, 9.17) is 0 Å². The first-order chi connectivity index (χ1) is 5.54. The summed E-state index contributed by atoms with van der Waals surface area (Å²) in [5.74, 6) is 0.296. The molecule has 0 saturated heterocycles. The van der Waals surface area contributed by atoms with Crippen LogP contribution in [0, 0.1) is 0 Å². The molecule has 70 valence electrons. The first-order valence-corrected chi connectivity index (χ1v) is 4.85. The van der Waals surface area contributed by atoms with Gasteiger partial charge < -0.3 is 4.79 Å². The second kappa shape index (κ2) is 10.6. The Labute approximate surface area is 82.2 Å². The lowest BCUT2D eigenvalue weighted by molar-refractivity contribution is -0.117. The zero-order valence-electron chi connectivity index (χ0n) is 7.60. The van der Waals surface area contributed by atoms with Crippen molar-refractivity contribution < 1.29 is 9.59 Å². The van der Waals surface area contributed by atoms with Crippen molar-refractivity contribution in [2.75, 3.05) is 5.33 Å². The Balaban J connectivity index is 0. The summed E-state index contributed by atoms with van der Waals surface area (Å²) < 4.78 is 0. The Hall–Kier alpha value is -0.440. The number of alkyl halides is 1. The van der Waals surface area contributed by atoms with Crippen LogP contribution >= 0.6 is 15.9 Å². The van der Waals surface area contributed by atoms with Gasteiger partial charge >= 0.3 is 0 Å². The van der Waals surface area contributed by atoms with Gasteiger partial charge in [0.05, 0.1) is 0 Å². The monoisotopic (exact) mass is 234 g/mol. The standard InChI is InChI=1S/C5H9BrO.C4H6O/c1-5(7)3-2-4-6;1-3-4(2)5/h2-4H2,1H3;3H,1H2,2H3. The van der Waals surface area contributed by atoms with E-state index in [2.05, 4.69) is 22.5 Å². The SMILES string of the molecule is C=CC(C)=O.CC(=O)CCCBr. The van der Waals surface area contributed by atoms with Gasteiger partial charge in [0.2, 0.25) is 0 Å². The van der Waals surface area contributed by atoms with Gasteiger partial charge in [-0.05, 0) is 26.3 Å². The van der Waals surface area contributed by atoms with Crippen molar-refractivity contribution in [3.63, 3.8) is 0 Å². The molecule has 0 spiro atoms. The maximum Gasteiger partial charge on any atom is 0.152 e. The van der Waals surface area contributed by atoms with Crippen LogP contribution in [0.3, 0.4) is 0 Å². The van der Waals surface area contributed by atoms with Gasteiger partial charge in [-0.1, -0.05) is 22.5 Å². The molecule has 0 N–H and O–H groups in total. The third-order valence-corrected chi connectivity index (χ3v) is 1.51. The molecule has 0 aromatic carbocycles. The highest BCUT2D eigenvalue weighted by Crippen LogP contribution is 1.93. The average Bonchev–Trinajstić information content (AvgIpc) is 2.02. The van der Waals surface area contributed by atoms with Crippen molar-refractivity contribution >= 4 is 27.5 Å². The predicted octanol–water partition coefficient (Wildman–Crippen LogP) is 2.51. The Morgan fingerprint density at radius 2 is 1.83 bits per heavy atom. The van der Waals surface area contributed by atoms with Gasteiger partial charge in [0.25, 0.3) is 0 Å². The smallest absolute Gasteiger partial charge is 0.152 e. The first-order valence-electron chi connectivity index (χ1n) is 3.73. The molecule has 0 aliphatic rings. The molecule has 0 bridgehead atoms.